The summed E-state index contributed by atoms with van der Waals surface area (Å²) in [6.07, 6.45) is 1.29. The average molecular weight is 315 g/mol. The predicted molar refractivity (Wildman–Crippen MR) is 73.4 cm³/mol. The number of nitrogens with two attached hydrogens (primary N) is 1. The van der Waals surface area contributed by atoms with Crippen LogP contribution in [0.5, 0.6) is 0 Å². The fraction of sp³-hybridized carbons (Fsp3) is 0.545. The number of aromatic nitrogens is 2. The number of piperazine rings is 1. The number of nitrogen functional groups attached to an aromatic ring is 1. The van der Waals surface area contributed by atoms with Gasteiger partial charge in [-0.1, -0.05) is 0 Å². The summed E-state index contributed by atoms with van der Waals surface area (Å²) >= 11 is 0. The van der Waals surface area contributed by atoms with Gasteiger partial charge in [-0.3, -0.25) is 19.6 Å². The van der Waals surface area contributed by atoms with E-state index >= 15 is 0 Å². The molecule has 1 aromatic rings. The summed E-state index contributed by atoms with van der Waals surface area (Å²) in [5.41, 5.74) is 4.25. The summed E-state index contributed by atoms with van der Waals surface area (Å²) in [4.78, 5) is 23.2. The first-order valence-corrected chi connectivity index (χ1v) is 7.74. The fourth-order valence-corrected chi connectivity index (χ4v) is 3.81. The van der Waals surface area contributed by atoms with Gasteiger partial charge in [-0.15, -0.1) is 0 Å². The molecular weight excluding hydrogens is 298 g/mol. The van der Waals surface area contributed by atoms with Crippen molar-refractivity contribution in [2.24, 2.45) is 0 Å². The van der Waals surface area contributed by atoms with Crippen molar-refractivity contribution < 1.29 is 18.0 Å². The van der Waals surface area contributed by atoms with Crippen molar-refractivity contribution in [2.75, 3.05) is 12.3 Å². The molecule has 1 aromatic heterocycles. The number of nitrogens with zero attached hydrogens (tertiary/aromatic N) is 3. The lowest BCUT2D eigenvalue weighted by atomic mass is 10.0. The largest absolute Gasteiger partial charge is 0.381 e. The normalized spacial score (nSPS) is 19.6. The minimum atomic E-state index is -4.11. The van der Waals surface area contributed by atoms with Gasteiger partial charge >= 0.3 is 0 Å². The van der Waals surface area contributed by atoms with E-state index in [1.807, 2.05) is 0 Å². The molecule has 10 heteroatoms. The van der Waals surface area contributed by atoms with Gasteiger partial charge in [-0.05, 0) is 20.8 Å². The molecule has 0 aromatic carbocycles. The van der Waals surface area contributed by atoms with E-state index in [2.05, 4.69) is 10.4 Å². The molecule has 21 heavy (non-hydrogen) atoms. The summed E-state index contributed by atoms with van der Waals surface area (Å²) in [7, 11) is -4.11. The number of carbonyl (C=O) groups is 2. The maximum atomic E-state index is 12.7. The standard InChI is InChI=1S/C11H17N5O4S/c1-4-15-5-7(9(12)14-15)21(19,20)16-6-8(17)13-10(18)11(16,2)3/h5H,4,6H2,1-3H3,(H2,12,14)(H,13,17,18). The molecule has 0 aliphatic carbocycles. The number of sulfonamides is 1. The maximum Gasteiger partial charge on any atom is 0.249 e. The first-order valence-electron chi connectivity index (χ1n) is 6.30. The van der Waals surface area contributed by atoms with Gasteiger partial charge in [-0.25, -0.2) is 8.42 Å². The van der Waals surface area contributed by atoms with Gasteiger partial charge in [-0.2, -0.15) is 9.40 Å². The van der Waals surface area contributed by atoms with E-state index in [0.29, 0.717) is 6.54 Å². The van der Waals surface area contributed by atoms with Crippen molar-refractivity contribution in [2.45, 2.75) is 37.8 Å². The van der Waals surface area contributed by atoms with Gasteiger partial charge in [0, 0.05) is 12.7 Å². The molecule has 2 rings (SSSR count). The van der Waals surface area contributed by atoms with E-state index in [1.54, 1.807) is 6.92 Å². The number of hydrogen-bond acceptors (Lipinski definition) is 6. The number of aryl methyl sites for hydroxylation is 1. The molecule has 2 heterocycles. The lowest BCUT2D eigenvalue weighted by molar-refractivity contribution is -0.141. The van der Waals surface area contributed by atoms with Gasteiger partial charge in [0.25, 0.3) is 0 Å². The molecule has 1 fully saturated rings. The zero-order chi connectivity index (χ0) is 16.0. The molecule has 0 bridgehead atoms. The Morgan fingerprint density at radius 3 is 2.57 bits per heavy atom. The molecule has 0 atom stereocenters. The minimum absolute atomic E-state index is 0.161. The van der Waals surface area contributed by atoms with Crippen LogP contribution < -0.4 is 11.1 Å². The number of nitrogens with one attached hydrogen (secondary N) is 1. The second kappa shape index (κ2) is 4.81. The Labute approximate surface area is 122 Å². The third-order valence-corrected chi connectivity index (χ3v) is 5.40. The topological polar surface area (TPSA) is 127 Å². The lowest BCUT2D eigenvalue weighted by Gasteiger charge is -2.38. The van der Waals surface area contributed by atoms with Crippen molar-refractivity contribution in [1.82, 2.24) is 19.4 Å². The van der Waals surface area contributed by atoms with Crippen LogP contribution in [0.1, 0.15) is 20.8 Å². The molecule has 0 saturated carbocycles. The molecule has 1 aliphatic rings. The second-order valence-corrected chi connectivity index (χ2v) is 7.01. The molecule has 2 amide bonds. The lowest BCUT2D eigenvalue weighted by Crippen LogP contribution is -2.65. The Kier molecular flexibility index (Phi) is 3.54. The quantitative estimate of drug-likeness (QED) is 0.682. The van der Waals surface area contributed by atoms with E-state index in [0.717, 1.165) is 4.31 Å². The Morgan fingerprint density at radius 2 is 2.05 bits per heavy atom. The summed E-state index contributed by atoms with van der Waals surface area (Å²) in [5.74, 6) is -1.51. The Hall–Kier alpha value is -1.94. The Bertz CT molecular complexity index is 706. The van der Waals surface area contributed by atoms with Crippen molar-refractivity contribution >= 4 is 27.7 Å². The molecule has 1 saturated heterocycles. The van der Waals surface area contributed by atoms with Crippen molar-refractivity contribution in [3.63, 3.8) is 0 Å². The summed E-state index contributed by atoms with van der Waals surface area (Å²) in [6, 6.07) is 0. The Balaban J connectivity index is 2.53. The number of imide groups is 1. The highest BCUT2D eigenvalue weighted by atomic mass is 32.2. The molecule has 0 radical (unpaired) electrons. The van der Waals surface area contributed by atoms with Gasteiger partial charge in [0.15, 0.2) is 5.82 Å². The van der Waals surface area contributed by atoms with E-state index in [9.17, 15) is 18.0 Å². The van der Waals surface area contributed by atoms with E-state index in [1.165, 1.54) is 24.7 Å². The highest BCUT2D eigenvalue weighted by Gasteiger charge is 2.48. The number of amides is 2. The summed E-state index contributed by atoms with van der Waals surface area (Å²) in [6.45, 7) is 4.63. The van der Waals surface area contributed by atoms with Crippen molar-refractivity contribution in [3.05, 3.63) is 6.20 Å². The molecule has 3 N–H and O–H groups in total. The van der Waals surface area contributed by atoms with Crippen LogP contribution in [-0.2, 0) is 26.2 Å². The fourth-order valence-electron chi connectivity index (χ4n) is 2.04. The molecule has 0 spiro atoms. The maximum absolute atomic E-state index is 12.7. The van der Waals surface area contributed by atoms with Crippen LogP contribution >= 0.6 is 0 Å². The number of anilines is 1. The van der Waals surface area contributed by atoms with Gasteiger partial charge in [0.2, 0.25) is 21.8 Å². The summed E-state index contributed by atoms with van der Waals surface area (Å²) in [5, 5.41) is 6.00. The monoisotopic (exact) mass is 315 g/mol. The van der Waals surface area contributed by atoms with Crippen molar-refractivity contribution in [1.29, 1.82) is 0 Å². The van der Waals surface area contributed by atoms with Gasteiger partial charge < -0.3 is 5.73 Å². The molecule has 0 unspecified atom stereocenters. The Morgan fingerprint density at radius 1 is 1.43 bits per heavy atom. The van der Waals surface area contributed by atoms with Crippen LogP contribution in [0.2, 0.25) is 0 Å². The minimum Gasteiger partial charge on any atom is -0.381 e. The van der Waals surface area contributed by atoms with Crippen LogP contribution in [0.15, 0.2) is 11.1 Å². The zero-order valence-corrected chi connectivity index (χ0v) is 12.8. The van der Waals surface area contributed by atoms with Crippen LogP contribution in [0, 0.1) is 0 Å². The van der Waals surface area contributed by atoms with Crippen LogP contribution in [0.3, 0.4) is 0 Å². The van der Waals surface area contributed by atoms with Gasteiger partial charge in [0.1, 0.15) is 10.4 Å². The highest BCUT2D eigenvalue weighted by molar-refractivity contribution is 7.89. The predicted octanol–water partition coefficient (Wildman–Crippen LogP) is -1.09. The highest BCUT2D eigenvalue weighted by Crippen LogP contribution is 2.29. The van der Waals surface area contributed by atoms with E-state index in [4.69, 9.17) is 5.73 Å². The number of carbonyl (C=O) groups excluding carboxylic acids is 2. The first-order chi connectivity index (χ1) is 9.60. The summed E-state index contributed by atoms with van der Waals surface area (Å²) < 4.78 is 27.6. The van der Waals surface area contributed by atoms with Crippen molar-refractivity contribution in [3.8, 4) is 0 Å². The molecule has 1 aliphatic heterocycles. The van der Waals surface area contributed by atoms with Gasteiger partial charge in [0.05, 0.1) is 6.54 Å². The zero-order valence-electron chi connectivity index (χ0n) is 12.0. The molecule has 116 valence electrons. The molecular formula is C11H17N5O4S. The third kappa shape index (κ3) is 2.40. The smallest absolute Gasteiger partial charge is 0.249 e. The van der Waals surface area contributed by atoms with Crippen LogP contribution in [0.25, 0.3) is 0 Å². The van der Waals surface area contributed by atoms with E-state index in [-0.39, 0.29) is 10.7 Å². The van der Waals surface area contributed by atoms with Crippen LogP contribution in [-0.4, -0.2) is 46.4 Å². The number of hydrogen-bond donors (Lipinski definition) is 2. The number of rotatable bonds is 3. The average Bonchev–Trinajstić information content (AvgIpc) is 2.76. The third-order valence-electron chi connectivity index (χ3n) is 3.37. The second-order valence-electron chi connectivity index (χ2n) is 5.18. The van der Waals surface area contributed by atoms with E-state index < -0.39 is 33.9 Å². The molecule has 9 nitrogen and oxygen atoms in total. The SMILES string of the molecule is CCn1cc(S(=O)(=O)N2CC(=O)NC(=O)C2(C)C)c(N)n1. The first kappa shape index (κ1) is 15.4. The van der Waals surface area contributed by atoms with Crippen LogP contribution in [0.4, 0.5) is 5.82 Å².